The summed E-state index contributed by atoms with van der Waals surface area (Å²) in [6, 6.07) is 20.8. The van der Waals surface area contributed by atoms with Crippen LogP contribution in [0.2, 0.25) is 0 Å². The van der Waals surface area contributed by atoms with Gasteiger partial charge in [0.05, 0.1) is 28.4 Å². The lowest BCUT2D eigenvalue weighted by molar-refractivity contribution is 0.00768. The zero-order chi connectivity index (χ0) is 20.3. The van der Waals surface area contributed by atoms with Crippen LogP contribution in [0.5, 0.6) is 0 Å². The first-order valence-corrected chi connectivity index (χ1v) is 10.6. The third kappa shape index (κ3) is 4.15. The van der Waals surface area contributed by atoms with Crippen molar-refractivity contribution in [1.29, 1.82) is 0 Å². The highest BCUT2D eigenvalue weighted by molar-refractivity contribution is 5.92. The second kappa shape index (κ2) is 8.30. The molecule has 3 heteroatoms. The van der Waals surface area contributed by atoms with Crippen molar-refractivity contribution in [3.05, 3.63) is 95.3 Å². The Morgan fingerprint density at radius 3 is 2.00 bits per heavy atom. The van der Waals surface area contributed by atoms with Crippen molar-refractivity contribution < 1.29 is 5.11 Å². The first-order chi connectivity index (χ1) is 14.1. The minimum Gasteiger partial charge on any atom is -0.390 e. The molecule has 0 saturated carbocycles. The van der Waals surface area contributed by atoms with Gasteiger partial charge in [-0.2, -0.15) is 0 Å². The van der Waals surface area contributed by atoms with E-state index in [-0.39, 0.29) is 5.92 Å². The number of fused-ring (bicyclic) bond motifs is 1. The van der Waals surface area contributed by atoms with Gasteiger partial charge >= 0.3 is 0 Å². The van der Waals surface area contributed by atoms with E-state index in [1.54, 1.807) is 0 Å². The summed E-state index contributed by atoms with van der Waals surface area (Å²) < 4.78 is 0. The van der Waals surface area contributed by atoms with Gasteiger partial charge in [-0.25, -0.2) is 0 Å². The van der Waals surface area contributed by atoms with Gasteiger partial charge in [0.25, 0.3) is 0 Å². The highest BCUT2D eigenvalue weighted by Gasteiger charge is 2.33. The largest absolute Gasteiger partial charge is 0.390 e. The van der Waals surface area contributed by atoms with Gasteiger partial charge < -0.3 is 15.7 Å². The van der Waals surface area contributed by atoms with Crippen LogP contribution in [0.1, 0.15) is 50.7 Å². The summed E-state index contributed by atoms with van der Waals surface area (Å²) in [4.78, 5) is 0. The topological polar surface area (TPSA) is 44.3 Å². The smallest absolute Gasteiger partial charge is 0.0703 e. The summed E-state index contributed by atoms with van der Waals surface area (Å²) in [7, 11) is 0. The highest BCUT2D eigenvalue weighted by atomic mass is 16.3. The number of nitrogens with one attached hydrogen (secondary N) is 2. The molecule has 3 nitrogen and oxygen atoms in total. The maximum atomic E-state index is 11.0. The summed E-state index contributed by atoms with van der Waals surface area (Å²) >= 11 is 0. The van der Waals surface area contributed by atoms with E-state index >= 15 is 0 Å². The van der Waals surface area contributed by atoms with Crippen LogP contribution in [-0.2, 0) is 0 Å². The molecule has 0 aromatic heterocycles. The second-order valence-corrected chi connectivity index (χ2v) is 8.23. The molecule has 2 aromatic carbocycles. The molecule has 2 aromatic rings. The predicted octanol–water partition coefficient (Wildman–Crippen LogP) is 5.43. The van der Waals surface area contributed by atoms with Crippen molar-refractivity contribution in [3.8, 4) is 0 Å². The maximum Gasteiger partial charge on any atom is 0.0703 e. The molecular weight excluding hydrogens is 356 g/mol. The van der Waals surface area contributed by atoms with Gasteiger partial charge in [0.2, 0.25) is 0 Å². The van der Waals surface area contributed by atoms with Crippen LogP contribution in [0.3, 0.4) is 0 Å². The van der Waals surface area contributed by atoms with Crippen molar-refractivity contribution >= 4 is 11.4 Å². The SMILES string of the molecule is CCCCC(C)(O)C1C=C2NC(c3ccccc3)=C(c3ccccc3)NC2=CC1. The predicted molar refractivity (Wildman–Crippen MR) is 120 cm³/mol. The number of rotatable bonds is 6. The summed E-state index contributed by atoms with van der Waals surface area (Å²) in [5, 5.41) is 18.4. The van der Waals surface area contributed by atoms with Crippen molar-refractivity contribution in [2.24, 2.45) is 5.92 Å². The molecule has 4 rings (SSSR count). The monoisotopic (exact) mass is 386 g/mol. The van der Waals surface area contributed by atoms with E-state index in [0.29, 0.717) is 0 Å². The number of aliphatic hydroxyl groups is 1. The fraction of sp³-hybridized carbons (Fsp3) is 0.308. The summed E-state index contributed by atoms with van der Waals surface area (Å²) in [5.41, 5.74) is 5.88. The highest BCUT2D eigenvalue weighted by Crippen LogP contribution is 2.37. The zero-order valence-corrected chi connectivity index (χ0v) is 17.3. The third-order valence-corrected chi connectivity index (χ3v) is 5.96. The molecular formula is C26H30N2O. The van der Waals surface area contributed by atoms with E-state index in [9.17, 15) is 5.11 Å². The average molecular weight is 387 g/mol. The molecule has 3 N–H and O–H groups in total. The second-order valence-electron chi connectivity index (χ2n) is 8.23. The Morgan fingerprint density at radius 1 is 0.897 bits per heavy atom. The average Bonchev–Trinajstić information content (AvgIpc) is 2.77. The maximum absolute atomic E-state index is 11.0. The first kappa shape index (κ1) is 19.5. The number of hydrogen-bond acceptors (Lipinski definition) is 3. The van der Waals surface area contributed by atoms with E-state index in [0.717, 1.165) is 59.6 Å². The number of hydrogen-bond donors (Lipinski definition) is 3. The van der Waals surface area contributed by atoms with Crippen molar-refractivity contribution in [2.45, 2.75) is 45.1 Å². The lowest BCUT2D eigenvalue weighted by Gasteiger charge is -2.37. The van der Waals surface area contributed by atoms with Crippen LogP contribution in [0, 0.1) is 5.92 Å². The van der Waals surface area contributed by atoms with Crippen LogP contribution in [0.25, 0.3) is 11.4 Å². The Bertz CT molecular complexity index is 939. The summed E-state index contributed by atoms with van der Waals surface area (Å²) in [6.45, 7) is 4.14. The van der Waals surface area contributed by atoms with E-state index in [4.69, 9.17) is 0 Å². The van der Waals surface area contributed by atoms with Gasteiger partial charge in [-0.15, -0.1) is 0 Å². The molecule has 0 fully saturated rings. The molecule has 150 valence electrons. The van der Waals surface area contributed by atoms with Crippen LogP contribution in [-0.4, -0.2) is 10.7 Å². The quantitative estimate of drug-likeness (QED) is 0.620. The molecule has 2 atom stereocenters. The Labute approximate surface area is 173 Å². The van der Waals surface area contributed by atoms with E-state index in [2.05, 4.69) is 78.2 Å². The van der Waals surface area contributed by atoms with Gasteiger partial charge in [-0.3, -0.25) is 0 Å². The van der Waals surface area contributed by atoms with Crippen LogP contribution < -0.4 is 10.6 Å². The van der Waals surface area contributed by atoms with E-state index in [1.165, 1.54) is 0 Å². The molecule has 0 amide bonds. The Hall–Kier alpha value is -2.78. The number of unbranched alkanes of at least 4 members (excludes halogenated alkanes) is 1. The Morgan fingerprint density at radius 2 is 1.45 bits per heavy atom. The molecule has 0 spiro atoms. The standard InChI is InChI=1S/C26H30N2O/c1-3-4-17-26(2,29)21-15-16-22-23(18-21)28-25(20-13-9-6-10-14-20)24(27-22)19-11-7-5-8-12-19/h5-14,16,18,21,27-29H,3-4,15,17H2,1-2H3. The molecule has 0 saturated heterocycles. The number of benzene rings is 2. The molecule has 2 unspecified atom stereocenters. The van der Waals surface area contributed by atoms with Crippen molar-refractivity contribution in [2.75, 3.05) is 0 Å². The van der Waals surface area contributed by atoms with Gasteiger partial charge in [-0.05, 0) is 19.8 Å². The van der Waals surface area contributed by atoms with Crippen LogP contribution >= 0.6 is 0 Å². The lowest BCUT2D eigenvalue weighted by Crippen LogP contribution is -2.38. The van der Waals surface area contributed by atoms with Gasteiger partial charge in [0.1, 0.15) is 0 Å². The third-order valence-electron chi connectivity index (χ3n) is 5.96. The van der Waals surface area contributed by atoms with Crippen LogP contribution in [0.15, 0.2) is 84.2 Å². The molecule has 0 bridgehead atoms. The molecule has 1 aliphatic carbocycles. The van der Waals surface area contributed by atoms with E-state index in [1.807, 2.05) is 19.1 Å². The zero-order valence-electron chi connectivity index (χ0n) is 17.3. The van der Waals surface area contributed by atoms with Crippen LogP contribution in [0.4, 0.5) is 0 Å². The van der Waals surface area contributed by atoms with Crippen molar-refractivity contribution in [1.82, 2.24) is 10.6 Å². The molecule has 2 aliphatic rings. The van der Waals surface area contributed by atoms with Gasteiger partial charge in [0, 0.05) is 17.0 Å². The summed E-state index contributed by atoms with van der Waals surface area (Å²) in [5.74, 6) is 0.109. The Balaban J connectivity index is 1.72. The Kier molecular flexibility index (Phi) is 5.59. The fourth-order valence-corrected chi connectivity index (χ4v) is 4.13. The van der Waals surface area contributed by atoms with Crippen molar-refractivity contribution in [3.63, 3.8) is 0 Å². The molecule has 1 aliphatic heterocycles. The minimum absolute atomic E-state index is 0.109. The normalized spacial score (nSPS) is 20.6. The molecule has 1 heterocycles. The van der Waals surface area contributed by atoms with E-state index < -0.39 is 5.60 Å². The fourth-order valence-electron chi connectivity index (χ4n) is 4.13. The molecule has 29 heavy (non-hydrogen) atoms. The first-order valence-electron chi connectivity index (χ1n) is 10.6. The lowest BCUT2D eigenvalue weighted by atomic mass is 9.79. The van der Waals surface area contributed by atoms with Gasteiger partial charge in [0.15, 0.2) is 0 Å². The summed E-state index contributed by atoms with van der Waals surface area (Å²) in [6.07, 6.45) is 8.24. The van der Waals surface area contributed by atoms with Gasteiger partial charge in [-0.1, -0.05) is 92.6 Å². The number of allylic oxidation sites excluding steroid dienone is 1. The minimum atomic E-state index is -0.691. The molecule has 0 radical (unpaired) electrons.